The van der Waals surface area contributed by atoms with Crippen molar-refractivity contribution >= 4 is 10.9 Å². The van der Waals surface area contributed by atoms with Crippen molar-refractivity contribution in [1.82, 2.24) is 9.88 Å². The SMILES string of the molecule is CCN(CCc1c[nH]c2ccccc12)CC(C)C. The van der Waals surface area contributed by atoms with E-state index in [0.717, 1.165) is 25.4 Å². The van der Waals surface area contributed by atoms with Gasteiger partial charge in [-0.05, 0) is 30.5 Å². The van der Waals surface area contributed by atoms with Crippen molar-refractivity contribution in [2.24, 2.45) is 5.92 Å². The molecule has 1 aromatic carbocycles. The minimum Gasteiger partial charge on any atom is -0.361 e. The van der Waals surface area contributed by atoms with E-state index < -0.39 is 0 Å². The van der Waals surface area contributed by atoms with Crippen molar-refractivity contribution in [1.29, 1.82) is 0 Å². The zero-order valence-electron chi connectivity index (χ0n) is 11.7. The van der Waals surface area contributed by atoms with Gasteiger partial charge >= 0.3 is 0 Å². The first-order valence-electron chi connectivity index (χ1n) is 6.98. The van der Waals surface area contributed by atoms with Gasteiger partial charge in [0.1, 0.15) is 0 Å². The maximum Gasteiger partial charge on any atom is 0.0456 e. The van der Waals surface area contributed by atoms with Crippen LogP contribution in [-0.2, 0) is 6.42 Å². The molecule has 0 radical (unpaired) electrons. The molecule has 0 aliphatic carbocycles. The number of hydrogen-bond acceptors (Lipinski definition) is 1. The van der Waals surface area contributed by atoms with Gasteiger partial charge in [-0.25, -0.2) is 0 Å². The summed E-state index contributed by atoms with van der Waals surface area (Å²) in [5.74, 6) is 0.743. The van der Waals surface area contributed by atoms with Crippen LogP contribution in [0.5, 0.6) is 0 Å². The van der Waals surface area contributed by atoms with E-state index in [4.69, 9.17) is 0 Å². The lowest BCUT2D eigenvalue weighted by Crippen LogP contribution is -2.29. The third-order valence-electron chi connectivity index (χ3n) is 3.44. The Labute approximate surface area is 110 Å². The number of hydrogen-bond donors (Lipinski definition) is 1. The number of nitrogens with one attached hydrogen (secondary N) is 1. The van der Waals surface area contributed by atoms with Crippen molar-refractivity contribution in [3.8, 4) is 0 Å². The molecule has 18 heavy (non-hydrogen) atoms. The molecule has 2 rings (SSSR count). The summed E-state index contributed by atoms with van der Waals surface area (Å²) >= 11 is 0. The monoisotopic (exact) mass is 244 g/mol. The molecule has 0 aliphatic rings. The van der Waals surface area contributed by atoms with E-state index in [-0.39, 0.29) is 0 Å². The second-order valence-corrected chi connectivity index (χ2v) is 5.40. The molecule has 2 nitrogen and oxygen atoms in total. The number of nitrogens with zero attached hydrogens (tertiary/aromatic N) is 1. The molecule has 0 amide bonds. The molecule has 0 saturated heterocycles. The molecule has 1 heterocycles. The lowest BCUT2D eigenvalue weighted by Gasteiger charge is -2.22. The fourth-order valence-electron chi connectivity index (χ4n) is 2.51. The van der Waals surface area contributed by atoms with E-state index in [9.17, 15) is 0 Å². The van der Waals surface area contributed by atoms with Crippen LogP contribution < -0.4 is 0 Å². The summed E-state index contributed by atoms with van der Waals surface area (Å²) in [6.07, 6.45) is 3.29. The largest absolute Gasteiger partial charge is 0.361 e. The Bertz CT molecular complexity index is 485. The van der Waals surface area contributed by atoms with Gasteiger partial charge in [0.2, 0.25) is 0 Å². The summed E-state index contributed by atoms with van der Waals surface area (Å²) in [4.78, 5) is 5.89. The average molecular weight is 244 g/mol. The lowest BCUT2D eigenvalue weighted by molar-refractivity contribution is 0.259. The van der Waals surface area contributed by atoms with Gasteiger partial charge in [-0.15, -0.1) is 0 Å². The maximum absolute atomic E-state index is 3.35. The van der Waals surface area contributed by atoms with Crippen LogP contribution in [0.4, 0.5) is 0 Å². The normalized spacial score (nSPS) is 11.8. The minimum atomic E-state index is 0.743. The van der Waals surface area contributed by atoms with Gasteiger partial charge in [-0.3, -0.25) is 0 Å². The van der Waals surface area contributed by atoms with Gasteiger partial charge in [0.05, 0.1) is 0 Å². The molecule has 0 saturated carbocycles. The van der Waals surface area contributed by atoms with E-state index in [0.29, 0.717) is 0 Å². The summed E-state index contributed by atoms with van der Waals surface area (Å²) in [6, 6.07) is 8.55. The first-order valence-corrected chi connectivity index (χ1v) is 6.98. The van der Waals surface area contributed by atoms with Crippen LogP contribution in [0.2, 0.25) is 0 Å². The average Bonchev–Trinajstić information content (AvgIpc) is 2.77. The van der Waals surface area contributed by atoms with Crippen LogP contribution in [-0.4, -0.2) is 29.5 Å². The highest BCUT2D eigenvalue weighted by molar-refractivity contribution is 5.83. The number of H-pyrrole nitrogens is 1. The molecule has 0 atom stereocenters. The van der Waals surface area contributed by atoms with E-state index in [2.05, 4.69) is 61.1 Å². The second kappa shape index (κ2) is 6.05. The molecule has 0 fully saturated rings. The number of likely N-dealkylation sites (N-methyl/N-ethyl adjacent to an activating group) is 1. The van der Waals surface area contributed by atoms with Gasteiger partial charge in [0.15, 0.2) is 0 Å². The summed E-state index contributed by atoms with van der Waals surface area (Å²) in [5, 5.41) is 1.37. The molecule has 0 bridgehead atoms. The number of para-hydroxylation sites is 1. The van der Waals surface area contributed by atoms with Crippen molar-refractivity contribution in [3.63, 3.8) is 0 Å². The van der Waals surface area contributed by atoms with Crippen LogP contribution in [0.3, 0.4) is 0 Å². The highest BCUT2D eigenvalue weighted by Gasteiger charge is 2.07. The molecular weight excluding hydrogens is 220 g/mol. The molecule has 98 valence electrons. The van der Waals surface area contributed by atoms with Gasteiger partial charge in [-0.1, -0.05) is 39.0 Å². The van der Waals surface area contributed by atoms with Gasteiger partial charge in [0.25, 0.3) is 0 Å². The predicted octanol–water partition coefficient (Wildman–Crippen LogP) is 3.69. The zero-order valence-corrected chi connectivity index (χ0v) is 11.7. The Balaban J connectivity index is 2.01. The van der Waals surface area contributed by atoms with Gasteiger partial charge in [0, 0.05) is 30.2 Å². The predicted molar refractivity (Wildman–Crippen MR) is 79.0 cm³/mol. The molecular formula is C16H24N2. The van der Waals surface area contributed by atoms with Crippen LogP contribution in [0.1, 0.15) is 26.3 Å². The number of aromatic nitrogens is 1. The Morgan fingerprint density at radius 3 is 2.72 bits per heavy atom. The summed E-state index contributed by atoms with van der Waals surface area (Å²) in [7, 11) is 0. The first-order chi connectivity index (χ1) is 8.70. The van der Waals surface area contributed by atoms with Crippen LogP contribution in [0, 0.1) is 5.92 Å². The fraction of sp³-hybridized carbons (Fsp3) is 0.500. The highest BCUT2D eigenvalue weighted by Crippen LogP contribution is 2.18. The van der Waals surface area contributed by atoms with Crippen LogP contribution in [0.25, 0.3) is 10.9 Å². The number of fused-ring (bicyclic) bond motifs is 1. The van der Waals surface area contributed by atoms with E-state index in [1.54, 1.807) is 0 Å². The van der Waals surface area contributed by atoms with Crippen LogP contribution >= 0.6 is 0 Å². The third kappa shape index (κ3) is 3.14. The molecule has 1 aromatic heterocycles. The number of rotatable bonds is 6. The van der Waals surface area contributed by atoms with Crippen molar-refractivity contribution in [2.75, 3.05) is 19.6 Å². The Hall–Kier alpha value is -1.28. The van der Waals surface area contributed by atoms with Crippen molar-refractivity contribution in [3.05, 3.63) is 36.0 Å². The minimum absolute atomic E-state index is 0.743. The smallest absolute Gasteiger partial charge is 0.0456 e. The maximum atomic E-state index is 3.35. The van der Waals surface area contributed by atoms with Gasteiger partial charge in [-0.2, -0.15) is 0 Å². The van der Waals surface area contributed by atoms with E-state index in [1.807, 2.05) is 0 Å². The lowest BCUT2D eigenvalue weighted by atomic mass is 10.1. The molecule has 2 aromatic rings. The van der Waals surface area contributed by atoms with Gasteiger partial charge < -0.3 is 9.88 Å². The molecule has 0 unspecified atom stereocenters. The Morgan fingerprint density at radius 1 is 1.22 bits per heavy atom. The quantitative estimate of drug-likeness (QED) is 0.821. The Morgan fingerprint density at radius 2 is 2.00 bits per heavy atom. The molecule has 1 N–H and O–H groups in total. The zero-order chi connectivity index (χ0) is 13.0. The Kier molecular flexibility index (Phi) is 4.43. The molecule has 0 spiro atoms. The number of aromatic amines is 1. The molecule has 0 aliphatic heterocycles. The van der Waals surface area contributed by atoms with Crippen molar-refractivity contribution < 1.29 is 0 Å². The standard InChI is InChI=1S/C16H24N2/c1-4-18(12-13(2)3)10-9-14-11-17-16-8-6-5-7-15(14)16/h5-8,11,13,17H,4,9-10,12H2,1-3H3. The number of benzene rings is 1. The van der Waals surface area contributed by atoms with E-state index in [1.165, 1.54) is 23.0 Å². The van der Waals surface area contributed by atoms with Crippen LogP contribution in [0.15, 0.2) is 30.5 Å². The first kappa shape index (κ1) is 13.2. The molecule has 2 heteroatoms. The van der Waals surface area contributed by atoms with E-state index >= 15 is 0 Å². The fourth-order valence-corrected chi connectivity index (χ4v) is 2.51. The van der Waals surface area contributed by atoms with Crippen molar-refractivity contribution in [2.45, 2.75) is 27.2 Å². The summed E-state index contributed by atoms with van der Waals surface area (Å²) < 4.78 is 0. The summed E-state index contributed by atoms with van der Waals surface area (Å²) in [6.45, 7) is 10.3. The second-order valence-electron chi connectivity index (χ2n) is 5.40. The summed E-state index contributed by atoms with van der Waals surface area (Å²) in [5.41, 5.74) is 2.69. The topological polar surface area (TPSA) is 19.0 Å². The highest BCUT2D eigenvalue weighted by atomic mass is 15.1. The third-order valence-corrected chi connectivity index (χ3v) is 3.44.